The van der Waals surface area contributed by atoms with Crippen LogP contribution in [-0.4, -0.2) is 23.2 Å². The van der Waals surface area contributed by atoms with Crippen molar-refractivity contribution < 1.29 is 14.6 Å². The molecule has 1 aromatic carbocycles. The SMILES string of the molecule is CC(C)C(CCN)(Oc1ccccc1CC(=O)O)C(C)C. The number of para-hydroxylation sites is 1. The maximum atomic E-state index is 11.0. The van der Waals surface area contributed by atoms with E-state index in [1.54, 1.807) is 6.07 Å². The monoisotopic (exact) mass is 293 g/mol. The van der Waals surface area contributed by atoms with Gasteiger partial charge in [0.05, 0.1) is 6.42 Å². The summed E-state index contributed by atoms with van der Waals surface area (Å²) in [5, 5.41) is 9.04. The van der Waals surface area contributed by atoms with Gasteiger partial charge in [0.1, 0.15) is 11.4 Å². The van der Waals surface area contributed by atoms with Crippen LogP contribution in [0, 0.1) is 11.8 Å². The van der Waals surface area contributed by atoms with Crippen molar-refractivity contribution in [1.82, 2.24) is 0 Å². The van der Waals surface area contributed by atoms with E-state index < -0.39 is 5.97 Å². The van der Waals surface area contributed by atoms with E-state index in [1.165, 1.54) is 0 Å². The first-order chi connectivity index (χ1) is 9.83. The fourth-order valence-electron chi connectivity index (χ4n) is 2.87. The fraction of sp³-hybridized carbons (Fsp3) is 0.588. The number of aliphatic carboxylic acids is 1. The molecule has 0 atom stereocenters. The quantitative estimate of drug-likeness (QED) is 0.772. The third-order valence-electron chi connectivity index (χ3n) is 4.10. The molecule has 0 bridgehead atoms. The zero-order valence-electron chi connectivity index (χ0n) is 13.4. The van der Waals surface area contributed by atoms with Crippen molar-refractivity contribution in [2.45, 2.75) is 46.1 Å². The van der Waals surface area contributed by atoms with E-state index >= 15 is 0 Å². The van der Waals surface area contributed by atoms with Crippen molar-refractivity contribution in [2.24, 2.45) is 17.6 Å². The molecule has 0 aromatic heterocycles. The summed E-state index contributed by atoms with van der Waals surface area (Å²) in [5.41, 5.74) is 6.10. The molecule has 0 heterocycles. The third-order valence-corrected chi connectivity index (χ3v) is 4.10. The lowest BCUT2D eigenvalue weighted by molar-refractivity contribution is -0.136. The van der Waals surface area contributed by atoms with E-state index in [0.717, 1.165) is 6.42 Å². The standard InChI is InChI=1S/C17H27NO3/c1-12(2)17(9-10-18,13(3)4)21-15-8-6-5-7-14(15)11-16(19)20/h5-8,12-13H,9-11,18H2,1-4H3,(H,19,20). The first-order valence-electron chi connectivity index (χ1n) is 7.52. The zero-order valence-corrected chi connectivity index (χ0v) is 13.4. The Hall–Kier alpha value is -1.55. The first kappa shape index (κ1) is 17.5. The maximum Gasteiger partial charge on any atom is 0.307 e. The highest BCUT2D eigenvalue weighted by atomic mass is 16.5. The fourth-order valence-corrected chi connectivity index (χ4v) is 2.87. The number of hydrogen-bond donors (Lipinski definition) is 2. The summed E-state index contributed by atoms with van der Waals surface area (Å²) in [5.74, 6) is 0.346. The Labute approximate surface area is 127 Å². The lowest BCUT2D eigenvalue weighted by Gasteiger charge is -2.42. The van der Waals surface area contributed by atoms with Crippen molar-refractivity contribution in [1.29, 1.82) is 0 Å². The number of carbonyl (C=O) groups is 1. The molecule has 0 amide bonds. The highest BCUT2D eigenvalue weighted by molar-refractivity contribution is 5.71. The van der Waals surface area contributed by atoms with Gasteiger partial charge in [-0.25, -0.2) is 0 Å². The second-order valence-electron chi connectivity index (χ2n) is 6.08. The van der Waals surface area contributed by atoms with Crippen molar-refractivity contribution in [3.8, 4) is 5.75 Å². The molecular formula is C17H27NO3. The molecule has 0 radical (unpaired) electrons. The molecule has 3 N–H and O–H groups in total. The number of rotatable bonds is 8. The Kier molecular flexibility index (Phi) is 6.21. The van der Waals surface area contributed by atoms with Crippen LogP contribution < -0.4 is 10.5 Å². The van der Waals surface area contributed by atoms with E-state index in [1.807, 2.05) is 18.2 Å². The van der Waals surface area contributed by atoms with Gasteiger partial charge >= 0.3 is 5.97 Å². The number of carboxylic acids is 1. The molecule has 0 aliphatic heterocycles. The lowest BCUT2D eigenvalue weighted by atomic mass is 9.77. The van der Waals surface area contributed by atoms with Crippen molar-refractivity contribution in [3.63, 3.8) is 0 Å². The Morgan fingerprint density at radius 3 is 2.29 bits per heavy atom. The largest absolute Gasteiger partial charge is 0.486 e. The topological polar surface area (TPSA) is 72.5 Å². The van der Waals surface area contributed by atoms with E-state index in [4.69, 9.17) is 15.6 Å². The molecule has 0 aliphatic rings. The van der Waals surface area contributed by atoms with Crippen LogP contribution in [0.15, 0.2) is 24.3 Å². The smallest absolute Gasteiger partial charge is 0.307 e. The van der Waals surface area contributed by atoms with Gasteiger partial charge in [0, 0.05) is 5.56 Å². The molecule has 0 unspecified atom stereocenters. The number of carboxylic acid groups (broad SMARTS) is 1. The van der Waals surface area contributed by atoms with Gasteiger partial charge in [-0.05, 0) is 30.9 Å². The van der Waals surface area contributed by atoms with Gasteiger partial charge in [-0.2, -0.15) is 0 Å². The summed E-state index contributed by atoms with van der Waals surface area (Å²) < 4.78 is 6.35. The summed E-state index contributed by atoms with van der Waals surface area (Å²) in [6.07, 6.45) is 0.703. The van der Waals surface area contributed by atoms with Gasteiger partial charge in [-0.3, -0.25) is 4.79 Å². The second-order valence-corrected chi connectivity index (χ2v) is 6.08. The number of nitrogens with two attached hydrogens (primary N) is 1. The average molecular weight is 293 g/mol. The van der Waals surface area contributed by atoms with Crippen LogP contribution in [-0.2, 0) is 11.2 Å². The van der Waals surface area contributed by atoms with Crippen molar-refractivity contribution in [3.05, 3.63) is 29.8 Å². The van der Waals surface area contributed by atoms with Crippen molar-refractivity contribution in [2.75, 3.05) is 6.54 Å². The number of hydrogen-bond acceptors (Lipinski definition) is 3. The summed E-state index contributed by atoms with van der Waals surface area (Å²) in [6.45, 7) is 9.02. The van der Waals surface area contributed by atoms with E-state index in [9.17, 15) is 4.79 Å². The van der Waals surface area contributed by atoms with Gasteiger partial charge in [0.15, 0.2) is 0 Å². The molecular weight excluding hydrogens is 266 g/mol. The Morgan fingerprint density at radius 1 is 1.24 bits per heavy atom. The predicted molar refractivity (Wildman–Crippen MR) is 84.5 cm³/mol. The van der Waals surface area contributed by atoms with Crippen LogP contribution in [0.25, 0.3) is 0 Å². The average Bonchev–Trinajstić information content (AvgIpc) is 2.39. The highest BCUT2D eigenvalue weighted by Crippen LogP contribution is 2.36. The second kappa shape index (κ2) is 7.46. The minimum absolute atomic E-state index is 0.0366. The van der Waals surface area contributed by atoms with Gasteiger partial charge in [-0.1, -0.05) is 45.9 Å². The van der Waals surface area contributed by atoms with Gasteiger partial charge < -0.3 is 15.6 Å². The molecule has 118 valence electrons. The van der Waals surface area contributed by atoms with Gasteiger partial charge in [-0.15, -0.1) is 0 Å². The van der Waals surface area contributed by atoms with Crippen LogP contribution in [0.3, 0.4) is 0 Å². The van der Waals surface area contributed by atoms with E-state index in [0.29, 0.717) is 17.9 Å². The molecule has 21 heavy (non-hydrogen) atoms. The van der Waals surface area contributed by atoms with Crippen LogP contribution in [0.2, 0.25) is 0 Å². The maximum absolute atomic E-state index is 11.0. The molecule has 1 rings (SSSR count). The number of benzene rings is 1. The molecule has 0 aliphatic carbocycles. The minimum Gasteiger partial charge on any atom is -0.486 e. The lowest BCUT2D eigenvalue weighted by Crippen LogP contribution is -2.48. The third kappa shape index (κ3) is 4.21. The Morgan fingerprint density at radius 2 is 1.81 bits per heavy atom. The molecule has 0 spiro atoms. The summed E-state index contributed by atoms with van der Waals surface area (Å²) >= 11 is 0. The molecule has 1 aromatic rings. The first-order valence-corrected chi connectivity index (χ1v) is 7.52. The molecule has 0 saturated carbocycles. The summed E-state index contributed by atoms with van der Waals surface area (Å²) in [6, 6.07) is 7.35. The Bertz CT molecular complexity index is 461. The van der Waals surface area contributed by atoms with E-state index in [-0.39, 0.29) is 23.9 Å². The predicted octanol–water partition coefficient (Wildman–Crippen LogP) is 3.09. The summed E-state index contributed by atoms with van der Waals surface area (Å²) in [4.78, 5) is 11.0. The molecule has 0 fully saturated rings. The minimum atomic E-state index is -0.857. The number of ether oxygens (including phenoxy) is 1. The molecule has 0 saturated heterocycles. The van der Waals surface area contributed by atoms with Crippen molar-refractivity contribution >= 4 is 5.97 Å². The van der Waals surface area contributed by atoms with E-state index in [2.05, 4.69) is 27.7 Å². The molecule has 4 heteroatoms. The van der Waals surface area contributed by atoms with Crippen LogP contribution in [0.1, 0.15) is 39.7 Å². The van der Waals surface area contributed by atoms with Crippen LogP contribution in [0.4, 0.5) is 0 Å². The van der Waals surface area contributed by atoms with Gasteiger partial charge in [0.25, 0.3) is 0 Å². The normalized spacial score (nSPS) is 12.0. The Balaban J connectivity index is 3.17. The van der Waals surface area contributed by atoms with Crippen LogP contribution in [0.5, 0.6) is 5.75 Å². The zero-order chi connectivity index (χ0) is 16.0. The highest BCUT2D eigenvalue weighted by Gasteiger charge is 2.39. The summed E-state index contributed by atoms with van der Waals surface area (Å²) in [7, 11) is 0. The molecule has 4 nitrogen and oxygen atoms in total. The van der Waals surface area contributed by atoms with Crippen LogP contribution >= 0.6 is 0 Å². The van der Waals surface area contributed by atoms with Gasteiger partial charge in [0.2, 0.25) is 0 Å².